The van der Waals surface area contributed by atoms with E-state index in [4.69, 9.17) is 19.9 Å². The molecule has 39 heavy (non-hydrogen) atoms. The molecule has 2 aromatic carbocycles. The molecule has 5 N–H and O–H groups in total. The summed E-state index contributed by atoms with van der Waals surface area (Å²) >= 11 is 0. The molecular weight excluding hydrogens is 498 g/mol. The quantitative estimate of drug-likeness (QED) is 0.144. The second-order valence-corrected chi connectivity index (χ2v) is 11.4. The Morgan fingerprint density at radius 3 is 2.36 bits per heavy atom. The zero-order valence-corrected chi connectivity index (χ0v) is 24.6. The molecule has 0 aliphatic rings. The summed E-state index contributed by atoms with van der Waals surface area (Å²) in [4.78, 5) is 24.5. The lowest BCUT2D eigenvalue weighted by Gasteiger charge is -2.30. The molecule has 0 aliphatic heterocycles. The lowest BCUT2D eigenvalue weighted by atomic mass is 9.94. The van der Waals surface area contributed by atoms with Gasteiger partial charge in [0, 0.05) is 38.3 Å². The van der Waals surface area contributed by atoms with Crippen LogP contribution in [0.25, 0.3) is 0 Å². The lowest BCUT2D eigenvalue weighted by molar-refractivity contribution is 0.149. The highest BCUT2D eigenvalue weighted by Gasteiger charge is 2.27. The number of nitrogens with two attached hydrogens (primary N) is 1. The normalized spacial score (nSPS) is 13.5. The number of rotatable bonds is 20. The van der Waals surface area contributed by atoms with E-state index in [1.165, 1.54) is 5.56 Å². The van der Waals surface area contributed by atoms with Crippen LogP contribution < -0.4 is 36.7 Å². The number of methoxy groups -OCH3 is 2. The van der Waals surface area contributed by atoms with Crippen LogP contribution in [0.5, 0.6) is 11.5 Å². The molecule has 9 nitrogen and oxygen atoms in total. The number of ether oxygens (including phenoxy) is 3. The van der Waals surface area contributed by atoms with Crippen LogP contribution in [0.4, 0.5) is 11.4 Å². The van der Waals surface area contributed by atoms with Crippen molar-refractivity contribution in [1.82, 2.24) is 0 Å². The van der Waals surface area contributed by atoms with Crippen molar-refractivity contribution in [3.8, 4) is 11.5 Å². The van der Waals surface area contributed by atoms with Crippen LogP contribution in [0.2, 0.25) is 0 Å². The Kier molecular flexibility index (Phi) is 13.2. The van der Waals surface area contributed by atoms with E-state index in [9.17, 15) is 14.7 Å². The molecule has 220 valence electrons. The first-order valence-electron chi connectivity index (χ1n) is 14.1. The number of aryl methyl sites for hydroxylation is 1. The number of hydrogen-bond acceptors (Lipinski definition) is 9. The van der Waals surface area contributed by atoms with Gasteiger partial charge in [-0.3, -0.25) is 9.59 Å². The first-order chi connectivity index (χ1) is 18.5. The van der Waals surface area contributed by atoms with E-state index in [1.54, 1.807) is 14.2 Å². The van der Waals surface area contributed by atoms with Gasteiger partial charge >= 0.3 is 0 Å². The lowest BCUT2D eigenvalue weighted by Crippen LogP contribution is -2.45. The second-order valence-electron chi connectivity index (χ2n) is 11.4. The van der Waals surface area contributed by atoms with Crippen LogP contribution in [0, 0.1) is 5.92 Å². The van der Waals surface area contributed by atoms with E-state index in [1.807, 2.05) is 26.0 Å². The minimum atomic E-state index is -0.803. The number of benzene rings is 1. The van der Waals surface area contributed by atoms with E-state index in [0.717, 1.165) is 44.3 Å². The summed E-state index contributed by atoms with van der Waals surface area (Å²) in [6.45, 7) is 9.58. The maximum atomic E-state index is 12.3. The van der Waals surface area contributed by atoms with Crippen molar-refractivity contribution in [3.63, 3.8) is 0 Å². The summed E-state index contributed by atoms with van der Waals surface area (Å²) < 4.78 is 16.4. The van der Waals surface area contributed by atoms with Gasteiger partial charge in [-0.1, -0.05) is 26.3 Å². The zero-order chi connectivity index (χ0) is 29.0. The maximum Gasteiger partial charge on any atom is 0.253 e. The summed E-state index contributed by atoms with van der Waals surface area (Å²) in [6, 6.07) is 5.62. The first kappa shape index (κ1) is 32.6. The van der Waals surface area contributed by atoms with Gasteiger partial charge in [0.2, 0.25) is 0 Å². The van der Waals surface area contributed by atoms with Gasteiger partial charge in [0.25, 0.3) is 10.9 Å². The van der Waals surface area contributed by atoms with Gasteiger partial charge in [-0.2, -0.15) is 0 Å². The maximum absolute atomic E-state index is 12.3. The van der Waals surface area contributed by atoms with Crippen molar-refractivity contribution < 1.29 is 19.3 Å². The summed E-state index contributed by atoms with van der Waals surface area (Å²) in [5.41, 5.74) is 6.30. The number of aliphatic hydroxyl groups is 1. The van der Waals surface area contributed by atoms with Gasteiger partial charge in [-0.25, -0.2) is 0 Å². The molecule has 2 aromatic rings. The summed E-state index contributed by atoms with van der Waals surface area (Å²) in [7, 11) is 3.31. The molecular formula is C30H49N3O6. The second kappa shape index (κ2) is 15.8. The average molecular weight is 548 g/mol. The predicted molar refractivity (Wildman–Crippen MR) is 158 cm³/mol. The third-order valence-electron chi connectivity index (χ3n) is 6.93. The van der Waals surface area contributed by atoms with Crippen LogP contribution in [0.15, 0.2) is 27.8 Å². The van der Waals surface area contributed by atoms with Gasteiger partial charge < -0.3 is 35.7 Å². The molecule has 0 saturated carbocycles. The van der Waals surface area contributed by atoms with Crippen molar-refractivity contribution in [2.75, 3.05) is 44.6 Å². The van der Waals surface area contributed by atoms with Gasteiger partial charge in [0.15, 0.2) is 11.5 Å². The number of aliphatic hydroxyl groups excluding tert-OH is 1. The Bertz CT molecular complexity index is 1080. The fourth-order valence-corrected chi connectivity index (χ4v) is 4.43. The van der Waals surface area contributed by atoms with Crippen molar-refractivity contribution in [1.29, 1.82) is 0 Å². The molecule has 0 unspecified atom stereocenters. The number of hydrogen-bond donors (Lipinski definition) is 4. The van der Waals surface area contributed by atoms with Crippen molar-refractivity contribution in [2.45, 2.75) is 90.3 Å². The molecule has 2 rings (SSSR count). The van der Waals surface area contributed by atoms with E-state index in [-0.39, 0.29) is 23.8 Å². The standard InChI is InChI=1S/C30H49N3O6/c1-20(2)11-13-22(31)23(34)19-32-26-27(29(36)28(26)35)33-30(3,4)15-8-7-10-21-12-14-24(38-6)25(18-21)39-17-9-16-37-5/h12,14,18,20,22-23,32-34H,7-11,13,15-17,19,31H2,1-6H3/t22-,23-/m0/s1. The molecule has 0 bridgehead atoms. The molecule has 0 aromatic heterocycles. The number of anilines is 2. The van der Waals surface area contributed by atoms with E-state index >= 15 is 0 Å². The predicted octanol–water partition coefficient (Wildman–Crippen LogP) is 3.85. The molecule has 0 fully saturated rings. The fourth-order valence-electron chi connectivity index (χ4n) is 4.43. The Morgan fingerprint density at radius 2 is 1.69 bits per heavy atom. The number of unbranched alkanes of at least 4 members (excludes halogenated alkanes) is 1. The van der Waals surface area contributed by atoms with Crippen molar-refractivity contribution >= 4 is 11.4 Å². The van der Waals surface area contributed by atoms with Gasteiger partial charge in [0.05, 0.1) is 19.8 Å². The molecule has 0 heterocycles. The minimum Gasteiger partial charge on any atom is -0.493 e. The van der Waals surface area contributed by atoms with Crippen LogP contribution in [0.1, 0.15) is 71.8 Å². The third-order valence-corrected chi connectivity index (χ3v) is 6.93. The van der Waals surface area contributed by atoms with E-state index < -0.39 is 17.0 Å². The first-order valence-corrected chi connectivity index (χ1v) is 14.1. The van der Waals surface area contributed by atoms with Crippen LogP contribution in [-0.4, -0.2) is 56.8 Å². The van der Waals surface area contributed by atoms with Crippen LogP contribution in [0.3, 0.4) is 0 Å². The monoisotopic (exact) mass is 547 g/mol. The number of nitrogens with one attached hydrogen (secondary N) is 2. The Morgan fingerprint density at radius 1 is 0.974 bits per heavy atom. The smallest absolute Gasteiger partial charge is 0.253 e. The van der Waals surface area contributed by atoms with Gasteiger partial charge in [0.1, 0.15) is 11.4 Å². The molecule has 0 radical (unpaired) electrons. The zero-order valence-electron chi connectivity index (χ0n) is 24.6. The largest absolute Gasteiger partial charge is 0.493 e. The highest BCUT2D eigenvalue weighted by atomic mass is 16.5. The van der Waals surface area contributed by atoms with E-state index in [0.29, 0.717) is 37.0 Å². The molecule has 0 saturated heterocycles. The van der Waals surface area contributed by atoms with Crippen LogP contribution in [-0.2, 0) is 11.2 Å². The highest BCUT2D eigenvalue weighted by Crippen LogP contribution is 2.29. The Balaban J connectivity index is 1.85. The summed E-state index contributed by atoms with van der Waals surface area (Å²) in [6.07, 6.45) is 5.20. The highest BCUT2D eigenvalue weighted by molar-refractivity contribution is 5.74. The minimum absolute atomic E-state index is 0.124. The third kappa shape index (κ3) is 10.5. The van der Waals surface area contributed by atoms with Gasteiger partial charge in [-0.05, 0) is 69.6 Å². The van der Waals surface area contributed by atoms with Crippen LogP contribution >= 0.6 is 0 Å². The SMILES string of the molecule is COCCCOc1cc(CCCCC(C)(C)Nc2c(NC[C@H](O)[C@@H](N)CCC(C)C)c(=O)c2=O)ccc1OC. The summed E-state index contributed by atoms with van der Waals surface area (Å²) in [5, 5.41) is 16.6. The topological polar surface area (TPSA) is 132 Å². The molecule has 9 heteroatoms. The Hall–Kier alpha value is -2.62. The fraction of sp³-hybridized carbons (Fsp3) is 0.667. The van der Waals surface area contributed by atoms with E-state index in [2.05, 4.69) is 30.5 Å². The van der Waals surface area contributed by atoms with Crippen molar-refractivity contribution in [2.24, 2.45) is 11.7 Å². The molecule has 0 spiro atoms. The molecule has 0 aliphatic carbocycles. The summed E-state index contributed by atoms with van der Waals surface area (Å²) in [5.74, 6) is 1.95. The van der Waals surface area contributed by atoms with Crippen molar-refractivity contribution in [3.05, 3.63) is 44.2 Å². The molecule has 0 amide bonds. The average Bonchev–Trinajstić information content (AvgIpc) is 2.91. The molecule has 2 atom stereocenters. The Labute approximate surface area is 233 Å². The van der Waals surface area contributed by atoms with Gasteiger partial charge in [-0.15, -0.1) is 0 Å².